The third-order valence-electron chi connectivity index (χ3n) is 7.68. The van der Waals surface area contributed by atoms with Gasteiger partial charge in [0.25, 0.3) is 11.8 Å². The van der Waals surface area contributed by atoms with E-state index in [9.17, 15) is 9.59 Å². The van der Waals surface area contributed by atoms with Crippen molar-refractivity contribution < 1.29 is 23.3 Å². The van der Waals surface area contributed by atoms with Crippen molar-refractivity contribution in [3.8, 4) is 0 Å². The Morgan fingerprint density at radius 1 is 0.892 bits per heavy atom. The second-order valence-electron chi connectivity index (χ2n) is 9.95. The van der Waals surface area contributed by atoms with Crippen LogP contribution in [0.4, 0.5) is 0 Å². The van der Waals surface area contributed by atoms with Gasteiger partial charge in [0, 0.05) is 43.4 Å². The molecule has 37 heavy (non-hydrogen) atoms. The van der Waals surface area contributed by atoms with Crippen LogP contribution in [0.1, 0.15) is 79.7 Å². The van der Waals surface area contributed by atoms with Crippen molar-refractivity contribution in [1.29, 1.82) is 0 Å². The maximum Gasteiger partial charge on any atom is 0.276 e. The zero-order valence-corrected chi connectivity index (χ0v) is 22.2. The van der Waals surface area contributed by atoms with Crippen molar-refractivity contribution in [2.24, 2.45) is 0 Å². The van der Waals surface area contributed by atoms with Crippen molar-refractivity contribution >= 4 is 11.8 Å². The highest BCUT2D eigenvalue weighted by Gasteiger charge is 2.33. The summed E-state index contributed by atoms with van der Waals surface area (Å²) in [4.78, 5) is 34.5. The van der Waals surface area contributed by atoms with E-state index in [1.165, 1.54) is 0 Å². The minimum Gasteiger partial charge on any atom is -0.445 e. The normalized spacial score (nSPS) is 17.0. The molecule has 0 spiro atoms. The summed E-state index contributed by atoms with van der Waals surface area (Å²) in [6.07, 6.45) is 1.39. The molecule has 0 aromatic carbocycles. The molecule has 0 unspecified atom stereocenters. The third kappa shape index (κ3) is 4.79. The van der Waals surface area contributed by atoms with Gasteiger partial charge in [-0.3, -0.25) is 14.3 Å². The van der Waals surface area contributed by atoms with Gasteiger partial charge in [-0.2, -0.15) is 5.10 Å². The number of carbonyl (C=O) groups excluding carboxylic acids is 2. The Morgan fingerprint density at radius 2 is 1.54 bits per heavy atom. The largest absolute Gasteiger partial charge is 0.445 e. The Morgan fingerprint density at radius 3 is 2.19 bits per heavy atom. The fourth-order valence-corrected chi connectivity index (χ4v) is 5.02. The number of piperidine rings is 1. The smallest absolute Gasteiger partial charge is 0.276 e. The Balaban J connectivity index is 1.25. The van der Waals surface area contributed by atoms with Crippen molar-refractivity contribution in [3.05, 3.63) is 51.3 Å². The molecule has 3 aromatic heterocycles. The molecule has 11 heteroatoms. The molecule has 0 atom stereocenters. The first kappa shape index (κ1) is 25.2. The Labute approximate surface area is 215 Å². The highest BCUT2D eigenvalue weighted by molar-refractivity contribution is 5.94. The summed E-state index contributed by atoms with van der Waals surface area (Å²) in [6.45, 7) is 13.4. The maximum atomic E-state index is 13.4. The zero-order chi connectivity index (χ0) is 26.3. The van der Waals surface area contributed by atoms with Crippen LogP contribution in [0.5, 0.6) is 0 Å². The van der Waals surface area contributed by atoms with Crippen LogP contribution in [0, 0.1) is 34.6 Å². The molecule has 0 aliphatic carbocycles. The molecule has 2 amide bonds. The van der Waals surface area contributed by atoms with Crippen LogP contribution in [0.2, 0.25) is 0 Å². The van der Waals surface area contributed by atoms with E-state index in [1.54, 1.807) is 16.7 Å². The first-order valence-corrected chi connectivity index (χ1v) is 12.8. The van der Waals surface area contributed by atoms with E-state index in [0.717, 1.165) is 22.5 Å². The lowest BCUT2D eigenvalue weighted by Gasteiger charge is -2.30. The van der Waals surface area contributed by atoms with E-state index < -0.39 is 0 Å². The highest BCUT2D eigenvalue weighted by Crippen LogP contribution is 2.30. The SMILES string of the molecule is Cc1nn(Cc2c(C(=O)N3CCC(c4nc(C(=O)N5CCOCC5)c(C)o4)CC3)noc2C)c(C)c1C. The molecule has 5 rings (SSSR count). The van der Waals surface area contributed by atoms with E-state index in [1.807, 2.05) is 32.4 Å². The van der Waals surface area contributed by atoms with Gasteiger partial charge >= 0.3 is 0 Å². The quantitative estimate of drug-likeness (QED) is 0.514. The monoisotopic (exact) mass is 510 g/mol. The van der Waals surface area contributed by atoms with Crippen LogP contribution in [0.15, 0.2) is 8.94 Å². The number of ether oxygens (including phenoxy) is 1. The highest BCUT2D eigenvalue weighted by atomic mass is 16.5. The standard InChI is InChI=1S/C26H34N6O5/c1-15-16(2)28-32(17(15)3)14-21-18(4)37-29-23(21)26(34)30-8-6-20(7-9-30)24-27-22(19(5)36-24)25(33)31-10-12-35-13-11-31/h20H,6-14H2,1-5H3. The number of hydrogen-bond acceptors (Lipinski definition) is 8. The molecule has 0 N–H and O–H groups in total. The molecule has 198 valence electrons. The number of hydrogen-bond donors (Lipinski definition) is 0. The molecule has 2 saturated heterocycles. The van der Waals surface area contributed by atoms with E-state index in [4.69, 9.17) is 13.7 Å². The topological polar surface area (TPSA) is 120 Å². The van der Waals surface area contributed by atoms with Gasteiger partial charge in [0.1, 0.15) is 11.5 Å². The van der Waals surface area contributed by atoms with Gasteiger partial charge in [-0.25, -0.2) is 4.98 Å². The van der Waals surface area contributed by atoms with Gasteiger partial charge in [-0.15, -0.1) is 0 Å². The van der Waals surface area contributed by atoms with Crippen LogP contribution in [-0.4, -0.2) is 80.9 Å². The molecule has 5 heterocycles. The molecule has 2 aliphatic heterocycles. The summed E-state index contributed by atoms with van der Waals surface area (Å²) in [5, 5.41) is 8.72. The van der Waals surface area contributed by atoms with Crippen molar-refractivity contribution in [2.75, 3.05) is 39.4 Å². The van der Waals surface area contributed by atoms with Crippen molar-refractivity contribution in [2.45, 2.75) is 59.9 Å². The predicted molar refractivity (Wildman–Crippen MR) is 133 cm³/mol. The van der Waals surface area contributed by atoms with Crippen LogP contribution in [0.3, 0.4) is 0 Å². The molecule has 3 aromatic rings. The molecule has 0 radical (unpaired) electrons. The third-order valence-corrected chi connectivity index (χ3v) is 7.68. The minimum absolute atomic E-state index is 0.0465. The van der Waals surface area contributed by atoms with Crippen molar-refractivity contribution in [1.82, 2.24) is 29.7 Å². The fourth-order valence-electron chi connectivity index (χ4n) is 5.02. The molecule has 11 nitrogen and oxygen atoms in total. The predicted octanol–water partition coefficient (Wildman–Crippen LogP) is 2.94. The van der Waals surface area contributed by atoms with Gasteiger partial charge in [0.2, 0.25) is 0 Å². The minimum atomic E-state index is -0.143. The number of nitrogens with zero attached hydrogens (tertiary/aromatic N) is 6. The van der Waals surface area contributed by atoms with Gasteiger partial charge in [0.15, 0.2) is 17.3 Å². The van der Waals surface area contributed by atoms with Crippen LogP contribution in [0.25, 0.3) is 0 Å². The number of rotatable bonds is 5. The number of carbonyl (C=O) groups is 2. The number of morpholine rings is 1. The lowest BCUT2D eigenvalue weighted by molar-refractivity contribution is 0.0298. The summed E-state index contributed by atoms with van der Waals surface area (Å²) in [6, 6.07) is 0. The summed E-state index contributed by atoms with van der Waals surface area (Å²) >= 11 is 0. The average molecular weight is 511 g/mol. The molecule has 0 bridgehead atoms. The zero-order valence-electron chi connectivity index (χ0n) is 22.2. The van der Waals surface area contributed by atoms with Gasteiger partial charge in [-0.1, -0.05) is 5.16 Å². The summed E-state index contributed by atoms with van der Waals surface area (Å²) < 4.78 is 18.6. The first-order valence-electron chi connectivity index (χ1n) is 12.8. The lowest BCUT2D eigenvalue weighted by atomic mass is 9.96. The fraction of sp³-hybridized carbons (Fsp3) is 0.577. The molecule has 2 fully saturated rings. The average Bonchev–Trinajstić information content (AvgIpc) is 3.55. The number of amides is 2. The number of oxazole rings is 1. The Kier molecular flexibility index (Phi) is 6.89. The van der Waals surface area contributed by atoms with Gasteiger partial charge < -0.3 is 23.5 Å². The van der Waals surface area contributed by atoms with E-state index >= 15 is 0 Å². The van der Waals surface area contributed by atoms with Crippen molar-refractivity contribution in [3.63, 3.8) is 0 Å². The lowest BCUT2D eigenvalue weighted by Crippen LogP contribution is -2.41. The first-order chi connectivity index (χ1) is 17.7. The van der Waals surface area contributed by atoms with Gasteiger partial charge in [-0.05, 0) is 53.0 Å². The molecule has 0 saturated carbocycles. The van der Waals surface area contributed by atoms with Gasteiger partial charge in [0.05, 0.1) is 25.5 Å². The number of aromatic nitrogens is 4. The van der Waals surface area contributed by atoms with Crippen LogP contribution < -0.4 is 0 Å². The van der Waals surface area contributed by atoms with Crippen LogP contribution in [-0.2, 0) is 11.3 Å². The second kappa shape index (κ2) is 10.1. The van der Waals surface area contributed by atoms with E-state index in [-0.39, 0.29) is 17.7 Å². The number of likely N-dealkylation sites (tertiary alicyclic amines) is 1. The molecular formula is C26H34N6O5. The molecule has 2 aliphatic rings. The van der Waals surface area contributed by atoms with E-state index in [2.05, 4.69) is 15.2 Å². The summed E-state index contributed by atoms with van der Waals surface area (Å²) in [5.74, 6) is 1.51. The molecular weight excluding hydrogens is 476 g/mol. The van der Waals surface area contributed by atoms with E-state index in [0.29, 0.717) is 87.6 Å². The summed E-state index contributed by atoms with van der Waals surface area (Å²) in [5.41, 5.74) is 4.64. The second-order valence-corrected chi connectivity index (χ2v) is 9.95. The summed E-state index contributed by atoms with van der Waals surface area (Å²) in [7, 11) is 0. The van der Waals surface area contributed by atoms with Crippen LogP contribution >= 0.6 is 0 Å². The number of aryl methyl sites for hydroxylation is 3. The Bertz CT molecular complexity index is 1310. The Hall–Kier alpha value is -3.47. The maximum absolute atomic E-state index is 13.4.